The van der Waals surface area contributed by atoms with Crippen LogP contribution in [0.5, 0.6) is 0 Å². The number of carboxylic acids is 1. The number of aliphatic hydroxyl groups excluding tert-OH is 1. The second kappa shape index (κ2) is 41.6. The molecule has 0 bridgehead atoms. The largest absolute Gasteiger partial charge is 1.00 e. The minimum atomic E-state index is -0.833. The summed E-state index contributed by atoms with van der Waals surface area (Å²) < 4.78 is 9.13. The third kappa shape index (κ3) is 31.4. The van der Waals surface area contributed by atoms with Crippen molar-refractivity contribution in [1.29, 1.82) is 5.26 Å². The van der Waals surface area contributed by atoms with Gasteiger partial charge in [-0.2, -0.15) is 0 Å². The summed E-state index contributed by atoms with van der Waals surface area (Å²) in [6, 6.07) is 9.07. The summed E-state index contributed by atoms with van der Waals surface area (Å²) in [4.78, 5) is 52.7. The number of pyridine rings is 2. The van der Waals surface area contributed by atoms with Crippen LogP contribution >= 0.6 is 0 Å². The molecule has 4 rings (SSSR count). The van der Waals surface area contributed by atoms with E-state index in [1.165, 1.54) is 138 Å². The number of nitrogens with zero attached hydrogens (tertiary/aromatic N) is 4. The number of hydrogen-bond donors (Lipinski definition) is 2. The molecular weight excluding hydrogens is 758 g/mol. The Labute approximate surface area is 380 Å². The fourth-order valence-electron chi connectivity index (χ4n) is 6.24. The maximum atomic E-state index is 11.4. The van der Waals surface area contributed by atoms with Gasteiger partial charge >= 0.3 is 41.5 Å². The first kappa shape index (κ1) is 62.5. The van der Waals surface area contributed by atoms with Crippen LogP contribution in [0.3, 0.4) is 0 Å². The van der Waals surface area contributed by atoms with Crippen LogP contribution < -0.4 is 29.6 Å². The molecule has 0 saturated carbocycles. The van der Waals surface area contributed by atoms with Crippen LogP contribution in [-0.2, 0) is 67.2 Å². The number of aldehydes is 1. The van der Waals surface area contributed by atoms with Crippen LogP contribution in [0.2, 0.25) is 0 Å². The van der Waals surface area contributed by atoms with Gasteiger partial charge in [-0.1, -0.05) is 52.2 Å². The van der Waals surface area contributed by atoms with Crippen LogP contribution in [0.4, 0.5) is 0 Å². The molecule has 2 aromatic rings. The Balaban J connectivity index is -0.000000374. The van der Waals surface area contributed by atoms with Gasteiger partial charge < -0.3 is 41.2 Å². The molecule has 0 spiro atoms. The number of fused-ring (bicyclic) bond motifs is 2. The van der Waals surface area contributed by atoms with Gasteiger partial charge in [-0.25, -0.2) is 0 Å². The molecule has 12 nitrogen and oxygen atoms in total. The molecule has 2 heterocycles. The van der Waals surface area contributed by atoms with Crippen molar-refractivity contribution in [1.82, 2.24) is 14.9 Å². The molecule has 14 heteroatoms. The molecule has 2 aromatic heterocycles. The first-order valence-corrected chi connectivity index (χ1v) is 20.5. The predicted molar refractivity (Wildman–Crippen MR) is 230 cm³/mol. The normalized spacial score (nSPS) is 12.6. The van der Waals surface area contributed by atoms with Crippen LogP contribution in [0.1, 0.15) is 139 Å². The molecule has 325 valence electrons. The quantitative estimate of drug-likeness (QED) is 0.0761. The maximum Gasteiger partial charge on any atom is 1.00 e. The minimum Gasteiger partial charge on any atom is -0.512 e. The van der Waals surface area contributed by atoms with Crippen molar-refractivity contribution < 1.29 is 68.4 Å². The number of ether oxygens (including phenoxy) is 2. The van der Waals surface area contributed by atoms with Crippen molar-refractivity contribution in [2.45, 2.75) is 143 Å². The Morgan fingerprint density at radius 3 is 1.63 bits per heavy atom. The topological polar surface area (TPSA) is 180 Å². The number of esters is 2. The average Bonchev–Trinajstić information content (AvgIpc) is 3.24. The first-order valence-electron chi connectivity index (χ1n) is 20.5. The number of methoxy groups -OCH3 is 2. The Kier molecular flexibility index (Phi) is 44.1. The van der Waals surface area contributed by atoms with Gasteiger partial charge in [0.1, 0.15) is 6.29 Å². The summed E-state index contributed by atoms with van der Waals surface area (Å²) >= 11 is 0. The van der Waals surface area contributed by atoms with Gasteiger partial charge in [-0.3, -0.25) is 24.4 Å². The van der Waals surface area contributed by atoms with E-state index in [4.69, 9.17) is 41.5 Å². The fraction of sp³-hybridized carbons (Fsp3) is 0.667. The van der Waals surface area contributed by atoms with E-state index in [-0.39, 0.29) is 68.2 Å². The number of unbranched alkanes of at least 4 members (excludes halogenated alkanes) is 4. The number of aromatic nitrogens is 2. The van der Waals surface area contributed by atoms with Crippen LogP contribution in [0, 0.1) is 23.7 Å². The molecule has 0 unspecified atom stereocenters. The number of aryl methyl sites for hydroxylation is 6. The van der Waals surface area contributed by atoms with E-state index in [9.17, 15) is 14.4 Å². The Hall–Kier alpha value is -3.15. The molecule has 2 aliphatic rings. The number of rotatable bonds is 17. The van der Waals surface area contributed by atoms with E-state index in [0.29, 0.717) is 6.29 Å². The van der Waals surface area contributed by atoms with Gasteiger partial charge in [0.15, 0.2) is 0 Å². The zero-order valence-electron chi connectivity index (χ0n) is 37.9. The van der Waals surface area contributed by atoms with Gasteiger partial charge in [0.25, 0.3) is 5.97 Å². The standard InChI is InChI=1S/C20H32N2O2.C15H23N.C6H10O3.C2H4O2.CN.CH4O.B.Na/c1-16(20(23)24-3)13-15-22(2)14-7-6-9-18-12-11-17-8-4-5-10-19(17)21-18;1-2-3-4-5-9-14-12-11-13-8-6-7-10-15(13)16-14;1-5(3-4-7)6(8)9-2;1-2(3)4;2*1-2;;/h11-12,16H,4-10,13-15H2,1-3H3;11-12H,2-10H2,1H3;4-5H,3H2,1-2H3;1H3,(H,3,4);;2H,1H3;;/q;;;;-1;;;+1/t16-;;5-;;;;;/m0.0...../s1. The van der Waals surface area contributed by atoms with Gasteiger partial charge in [-0.15, -0.1) is 0 Å². The predicted octanol–water partition coefficient (Wildman–Crippen LogP) is 4.30. The Morgan fingerprint density at radius 2 is 1.20 bits per heavy atom. The smallest absolute Gasteiger partial charge is 0.512 e. The van der Waals surface area contributed by atoms with E-state index in [2.05, 4.69) is 47.9 Å². The van der Waals surface area contributed by atoms with Gasteiger partial charge in [0, 0.05) is 51.6 Å². The number of carbonyl (C=O) groups excluding carboxylic acids is 3. The molecule has 2 aliphatic carbocycles. The second-order valence-electron chi connectivity index (χ2n) is 14.4. The summed E-state index contributed by atoms with van der Waals surface area (Å²) in [5.41, 5.74) is 8.26. The van der Waals surface area contributed by atoms with Crippen LogP contribution in [0.25, 0.3) is 0 Å². The second-order valence-corrected chi connectivity index (χ2v) is 14.4. The Morgan fingerprint density at radius 1 is 0.780 bits per heavy atom. The van der Waals surface area contributed by atoms with Gasteiger partial charge in [-0.05, 0) is 133 Å². The summed E-state index contributed by atoms with van der Waals surface area (Å²) in [5, 5.41) is 20.7. The van der Waals surface area contributed by atoms with Crippen LogP contribution in [0.15, 0.2) is 24.3 Å². The zero-order valence-corrected chi connectivity index (χ0v) is 39.9. The molecule has 0 aromatic carbocycles. The number of aliphatic carboxylic acids is 1. The summed E-state index contributed by atoms with van der Waals surface area (Å²) in [5.74, 6) is -1.59. The monoisotopic (exact) mass is 832 g/mol. The number of carboxylic acid groups (broad SMARTS) is 1. The van der Waals surface area contributed by atoms with Crippen molar-refractivity contribution in [3.05, 3.63) is 64.7 Å². The SMILES string of the molecule is CC(=O)O.CCCCCCc1ccc2c(n1)CCCC2.CO.COC(=O)[C@@H](C)CC=O.COC(=O)[C@@H](C)CCN(C)CCCCc1ccc2c(n1)CCCC2.[B].[C-]#N.[Na+]. The summed E-state index contributed by atoms with van der Waals surface area (Å²) in [7, 11) is 5.89. The van der Waals surface area contributed by atoms with Gasteiger partial charge in [0.05, 0.1) is 26.1 Å². The molecule has 3 radical (unpaired) electrons. The van der Waals surface area contributed by atoms with Gasteiger partial charge in [0.2, 0.25) is 0 Å². The number of aliphatic hydroxyl groups is 1. The zero-order chi connectivity index (χ0) is 43.4. The molecule has 0 amide bonds. The summed E-state index contributed by atoms with van der Waals surface area (Å²) in [6.07, 6.45) is 21.8. The van der Waals surface area contributed by atoms with E-state index in [1.807, 2.05) is 6.92 Å². The minimum absolute atomic E-state index is 0. The number of hydrogen-bond acceptors (Lipinski definition) is 11. The van der Waals surface area contributed by atoms with E-state index in [0.717, 1.165) is 46.4 Å². The van der Waals surface area contributed by atoms with Crippen molar-refractivity contribution in [2.24, 2.45) is 11.8 Å². The Bertz CT molecular complexity index is 1410. The van der Waals surface area contributed by atoms with Crippen molar-refractivity contribution >= 4 is 32.6 Å². The molecular formula is C45H73BN4NaO8. The molecule has 0 fully saturated rings. The average molecular weight is 832 g/mol. The summed E-state index contributed by atoms with van der Waals surface area (Å²) in [6.45, 7) is 13.7. The van der Waals surface area contributed by atoms with Crippen LogP contribution in [-0.4, -0.2) is 99.2 Å². The van der Waals surface area contributed by atoms with E-state index in [1.54, 1.807) is 6.92 Å². The van der Waals surface area contributed by atoms with Crippen molar-refractivity contribution in [3.8, 4) is 0 Å². The fourth-order valence-corrected chi connectivity index (χ4v) is 6.24. The third-order valence-corrected chi connectivity index (χ3v) is 9.58. The molecule has 59 heavy (non-hydrogen) atoms. The number of carbonyl (C=O) groups is 4. The third-order valence-electron chi connectivity index (χ3n) is 9.58. The molecule has 0 aliphatic heterocycles. The van der Waals surface area contributed by atoms with E-state index >= 15 is 0 Å². The maximum absolute atomic E-state index is 11.4. The molecule has 2 atom stereocenters. The molecule has 0 saturated heterocycles. The molecule has 2 N–H and O–H groups in total. The first-order chi connectivity index (χ1) is 27.4. The van der Waals surface area contributed by atoms with E-state index < -0.39 is 5.97 Å². The van der Waals surface area contributed by atoms with Crippen molar-refractivity contribution in [2.75, 3.05) is 41.5 Å². The van der Waals surface area contributed by atoms with Crippen molar-refractivity contribution in [3.63, 3.8) is 0 Å².